The number of hydrogen-bond acceptors (Lipinski definition) is 2. The summed E-state index contributed by atoms with van der Waals surface area (Å²) < 4.78 is 18.7. The Bertz CT molecular complexity index is 310. The molecule has 0 unspecified atom stereocenters. The van der Waals surface area contributed by atoms with Gasteiger partial charge in [-0.25, -0.2) is 4.39 Å². The van der Waals surface area contributed by atoms with Crippen LogP contribution in [-0.2, 0) is 11.3 Å². The van der Waals surface area contributed by atoms with Crippen LogP contribution in [0.2, 0.25) is 0 Å². The van der Waals surface area contributed by atoms with E-state index >= 15 is 0 Å². The van der Waals surface area contributed by atoms with Gasteiger partial charge < -0.3 is 10.1 Å². The highest BCUT2D eigenvalue weighted by atomic mass is 19.1. The van der Waals surface area contributed by atoms with Crippen molar-refractivity contribution in [1.82, 2.24) is 5.32 Å². The maximum absolute atomic E-state index is 13.2. The summed E-state index contributed by atoms with van der Waals surface area (Å²) in [6.07, 6.45) is 2.38. The van der Waals surface area contributed by atoms with Crippen molar-refractivity contribution in [1.29, 1.82) is 0 Å². The van der Waals surface area contributed by atoms with E-state index in [0.717, 1.165) is 13.0 Å². The second-order valence-corrected chi connectivity index (χ2v) is 3.90. The lowest BCUT2D eigenvalue weighted by molar-refractivity contribution is 0.101. The van der Waals surface area contributed by atoms with Gasteiger partial charge in [0.15, 0.2) is 0 Å². The van der Waals surface area contributed by atoms with Gasteiger partial charge in [0.1, 0.15) is 5.82 Å². The van der Waals surface area contributed by atoms with Crippen LogP contribution in [0.15, 0.2) is 24.3 Å². The van der Waals surface area contributed by atoms with Gasteiger partial charge in [0.05, 0.1) is 13.2 Å². The molecule has 1 fully saturated rings. The van der Waals surface area contributed by atoms with Gasteiger partial charge in [0.25, 0.3) is 0 Å². The van der Waals surface area contributed by atoms with E-state index in [2.05, 4.69) is 5.32 Å². The molecule has 3 heteroatoms. The van der Waals surface area contributed by atoms with E-state index in [9.17, 15) is 4.39 Å². The van der Waals surface area contributed by atoms with Crippen molar-refractivity contribution in [2.75, 3.05) is 13.2 Å². The van der Waals surface area contributed by atoms with Crippen molar-refractivity contribution >= 4 is 0 Å². The van der Waals surface area contributed by atoms with Gasteiger partial charge in [-0.1, -0.05) is 18.2 Å². The molecule has 1 aromatic carbocycles. The highest BCUT2D eigenvalue weighted by molar-refractivity contribution is 5.16. The van der Waals surface area contributed by atoms with Gasteiger partial charge in [0, 0.05) is 11.6 Å². The van der Waals surface area contributed by atoms with E-state index in [1.807, 2.05) is 6.07 Å². The maximum atomic E-state index is 13.2. The third-order valence-corrected chi connectivity index (χ3v) is 2.70. The molecule has 0 amide bonds. The summed E-state index contributed by atoms with van der Waals surface area (Å²) >= 11 is 0. The number of benzene rings is 1. The second-order valence-electron chi connectivity index (χ2n) is 3.90. The first-order chi connectivity index (χ1) is 7.36. The number of nitrogens with one attached hydrogen (secondary N) is 1. The molecule has 2 nitrogen and oxygen atoms in total. The Kier molecular flexibility index (Phi) is 3.69. The lowest BCUT2D eigenvalue weighted by atomic mass is 10.2. The van der Waals surface area contributed by atoms with Crippen LogP contribution >= 0.6 is 0 Å². The molecule has 0 aromatic heterocycles. The Morgan fingerprint density at radius 3 is 3.00 bits per heavy atom. The zero-order valence-corrected chi connectivity index (χ0v) is 8.71. The van der Waals surface area contributed by atoms with Crippen molar-refractivity contribution in [2.45, 2.75) is 25.5 Å². The normalized spacial score (nSPS) is 20.7. The van der Waals surface area contributed by atoms with Crippen molar-refractivity contribution < 1.29 is 9.13 Å². The molecule has 1 atom stereocenters. The van der Waals surface area contributed by atoms with Crippen LogP contribution in [0.5, 0.6) is 0 Å². The fraction of sp³-hybridized carbons (Fsp3) is 0.500. The Balaban J connectivity index is 1.75. The molecule has 1 aliphatic rings. The highest BCUT2D eigenvalue weighted by Gasteiger charge is 2.13. The Morgan fingerprint density at radius 1 is 1.40 bits per heavy atom. The Morgan fingerprint density at radius 2 is 2.27 bits per heavy atom. The molecule has 82 valence electrons. The van der Waals surface area contributed by atoms with E-state index in [-0.39, 0.29) is 5.82 Å². The predicted octanol–water partition coefficient (Wildman–Crippen LogP) is 2.09. The minimum absolute atomic E-state index is 0.183. The average Bonchev–Trinajstić information content (AvgIpc) is 2.74. The minimum Gasteiger partial charge on any atom is -0.375 e. The number of ether oxygens (including phenoxy) is 1. The molecule has 1 heterocycles. The molecular weight excluding hydrogens is 193 g/mol. The first-order valence-electron chi connectivity index (χ1n) is 5.41. The van der Waals surface area contributed by atoms with Crippen molar-refractivity contribution in [3.05, 3.63) is 35.6 Å². The van der Waals surface area contributed by atoms with E-state index < -0.39 is 0 Å². The van der Waals surface area contributed by atoms with Crippen LogP contribution < -0.4 is 5.32 Å². The van der Waals surface area contributed by atoms with Crippen LogP contribution in [0.25, 0.3) is 0 Å². The molecular formula is C12H16FNO. The predicted molar refractivity (Wildman–Crippen MR) is 57.1 cm³/mol. The van der Waals surface area contributed by atoms with Crippen LogP contribution in [0.3, 0.4) is 0 Å². The van der Waals surface area contributed by atoms with E-state index in [1.165, 1.54) is 12.5 Å². The topological polar surface area (TPSA) is 21.3 Å². The smallest absolute Gasteiger partial charge is 0.128 e. The average molecular weight is 209 g/mol. The molecule has 1 N–H and O–H groups in total. The molecule has 0 saturated carbocycles. The lowest BCUT2D eigenvalue weighted by Crippen LogP contribution is -2.26. The second kappa shape index (κ2) is 5.24. The van der Waals surface area contributed by atoms with Crippen LogP contribution in [0, 0.1) is 5.82 Å². The summed E-state index contributed by atoms with van der Waals surface area (Å²) in [6, 6.07) is 7.20. The molecule has 0 bridgehead atoms. The standard InChI is InChI=1S/C12H16FNO/c13-12-6-2-1-4-10(12)8-15-9-11-5-3-7-14-11/h1-2,4,6,11,14H,3,5,7-9H2/t11-/m1/s1. The van der Waals surface area contributed by atoms with E-state index in [0.29, 0.717) is 24.8 Å². The highest BCUT2D eigenvalue weighted by Crippen LogP contribution is 2.10. The number of rotatable bonds is 4. The van der Waals surface area contributed by atoms with Gasteiger partial charge in [-0.05, 0) is 25.5 Å². The summed E-state index contributed by atoms with van der Waals surface area (Å²) in [5, 5.41) is 3.34. The monoisotopic (exact) mass is 209 g/mol. The SMILES string of the molecule is Fc1ccccc1COC[C@H]1CCCN1. The van der Waals surface area contributed by atoms with Crippen molar-refractivity contribution in [2.24, 2.45) is 0 Å². The first-order valence-corrected chi connectivity index (χ1v) is 5.41. The Labute approximate surface area is 89.4 Å². The third-order valence-electron chi connectivity index (χ3n) is 2.70. The summed E-state index contributed by atoms with van der Waals surface area (Å²) in [4.78, 5) is 0. The quantitative estimate of drug-likeness (QED) is 0.820. The lowest BCUT2D eigenvalue weighted by Gasteiger charge is -2.10. The van der Waals surface area contributed by atoms with Crippen molar-refractivity contribution in [3.63, 3.8) is 0 Å². The van der Waals surface area contributed by atoms with Crippen LogP contribution in [0.4, 0.5) is 4.39 Å². The number of halogens is 1. The molecule has 1 aliphatic heterocycles. The molecule has 15 heavy (non-hydrogen) atoms. The largest absolute Gasteiger partial charge is 0.375 e. The molecule has 1 aromatic rings. The zero-order valence-electron chi connectivity index (χ0n) is 8.71. The molecule has 2 rings (SSSR count). The summed E-state index contributed by atoms with van der Waals surface area (Å²) in [5.74, 6) is -0.183. The zero-order chi connectivity index (χ0) is 10.5. The molecule has 0 aliphatic carbocycles. The van der Waals surface area contributed by atoms with E-state index in [1.54, 1.807) is 12.1 Å². The van der Waals surface area contributed by atoms with Crippen LogP contribution in [0.1, 0.15) is 18.4 Å². The van der Waals surface area contributed by atoms with Crippen molar-refractivity contribution in [3.8, 4) is 0 Å². The van der Waals surface area contributed by atoms with Gasteiger partial charge in [-0.15, -0.1) is 0 Å². The van der Waals surface area contributed by atoms with Gasteiger partial charge in [0.2, 0.25) is 0 Å². The van der Waals surface area contributed by atoms with Gasteiger partial charge in [-0.2, -0.15) is 0 Å². The third kappa shape index (κ3) is 3.01. The first kappa shape index (κ1) is 10.6. The summed E-state index contributed by atoms with van der Waals surface area (Å²) in [6.45, 7) is 2.12. The van der Waals surface area contributed by atoms with Crippen LogP contribution in [-0.4, -0.2) is 19.2 Å². The Hall–Kier alpha value is -0.930. The van der Waals surface area contributed by atoms with E-state index in [4.69, 9.17) is 4.74 Å². The molecule has 0 spiro atoms. The minimum atomic E-state index is -0.183. The molecule has 0 radical (unpaired) electrons. The summed E-state index contributed by atoms with van der Waals surface area (Å²) in [5.41, 5.74) is 0.635. The van der Waals surface area contributed by atoms with Gasteiger partial charge >= 0.3 is 0 Å². The summed E-state index contributed by atoms with van der Waals surface area (Å²) in [7, 11) is 0. The maximum Gasteiger partial charge on any atom is 0.128 e. The fourth-order valence-corrected chi connectivity index (χ4v) is 1.83. The number of hydrogen-bond donors (Lipinski definition) is 1. The molecule has 1 saturated heterocycles. The fourth-order valence-electron chi connectivity index (χ4n) is 1.83. The van der Waals surface area contributed by atoms with Gasteiger partial charge in [-0.3, -0.25) is 0 Å².